The van der Waals surface area contributed by atoms with Crippen molar-refractivity contribution in [2.45, 2.75) is 38.0 Å². The number of aromatic nitrogens is 2. The van der Waals surface area contributed by atoms with Gasteiger partial charge in [-0.05, 0) is 73.0 Å². The molecular formula is C28H30N4OS2. The van der Waals surface area contributed by atoms with Crippen molar-refractivity contribution >= 4 is 40.7 Å². The molecule has 0 aliphatic carbocycles. The van der Waals surface area contributed by atoms with Gasteiger partial charge in [-0.15, -0.1) is 11.8 Å². The van der Waals surface area contributed by atoms with Gasteiger partial charge < -0.3 is 4.90 Å². The lowest BCUT2D eigenvalue weighted by atomic mass is 10.00. The Morgan fingerprint density at radius 3 is 2.54 bits per heavy atom. The Labute approximate surface area is 215 Å². The summed E-state index contributed by atoms with van der Waals surface area (Å²) in [6.45, 7) is 6.42. The van der Waals surface area contributed by atoms with E-state index in [9.17, 15) is 4.79 Å². The van der Waals surface area contributed by atoms with Crippen LogP contribution in [-0.4, -0.2) is 44.6 Å². The molecule has 180 valence electrons. The number of carbonyl (C=O) groups is 1. The Balaban J connectivity index is 1.45. The number of rotatable bonds is 6. The number of benzene rings is 2. The van der Waals surface area contributed by atoms with Crippen molar-refractivity contribution < 1.29 is 4.79 Å². The second-order valence-corrected chi connectivity index (χ2v) is 11.2. The maximum Gasteiger partial charge on any atom is 0.286 e. The van der Waals surface area contributed by atoms with Crippen LogP contribution in [-0.2, 0) is 4.79 Å². The number of aliphatic imine (C=N–C) groups is 1. The molecule has 5 rings (SSSR count). The average Bonchev–Trinajstić information content (AvgIpc) is 3.48. The maximum absolute atomic E-state index is 12.8. The van der Waals surface area contributed by atoms with E-state index in [1.54, 1.807) is 0 Å². The Kier molecular flexibility index (Phi) is 7.44. The molecule has 1 aromatic heterocycles. The Morgan fingerprint density at radius 1 is 1.09 bits per heavy atom. The van der Waals surface area contributed by atoms with Crippen molar-refractivity contribution in [3.63, 3.8) is 0 Å². The van der Waals surface area contributed by atoms with Gasteiger partial charge in [-0.1, -0.05) is 44.2 Å². The van der Waals surface area contributed by atoms with Crippen LogP contribution in [0.1, 0.15) is 38.7 Å². The molecule has 3 aromatic rings. The fourth-order valence-corrected chi connectivity index (χ4v) is 5.96. The van der Waals surface area contributed by atoms with E-state index in [4.69, 9.17) is 5.10 Å². The number of piperidine rings is 1. The van der Waals surface area contributed by atoms with Gasteiger partial charge >= 0.3 is 0 Å². The number of amidine groups is 1. The first-order chi connectivity index (χ1) is 17.1. The minimum Gasteiger partial charge on any atom is -0.351 e. The lowest BCUT2D eigenvalue weighted by Gasteiger charge is -2.30. The summed E-state index contributed by atoms with van der Waals surface area (Å²) in [5, 5.41) is 5.76. The van der Waals surface area contributed by atoms with E-state index in [1.165, 1.54) is 16.7 Å². The van der Waals surface area contributed by atoms with Gasteiger partial charge in [0.15, 0.2) is 5.17 Å². The molecule has 2 aliphatic heterocycles. The Hall–Kier alpha value is -2.77. The number of carbonyl (C=O) groups excluding carboxylic acids is 1. The highest BCUT2D eigenvalue weighted by Crippen LogP contribution is 2.35. The van der Waals surface area contributed by atoms with Gasteiger partial charge in [-0.2, -0.15) is 10.1 Å². The van der Waals surface area contributed by atoms with Crippen LogP contribution < -0.4 is 0 Å². The van der Waals surface area contributed by atoms with Gasteiger partial charge in [0, 0.05) is 35.3 Å². The molecule has 3 heterocycles. The summed E-state index contributed by atoms with van der Waals surface area (Å²) >= 11 is 3.35. The predicted molar refractivity (Wildman–Crippen MR) is 148 cm³/mol. The van der Waals surface area contributed by atoms with Crippen LogP contribution in [0.3, 0.4) is 0 Å². The number of hydrogen-bond donors (Lipinski definition) is 0. The van der Waals surface area contributed by atoms with E-state index in [0.717, 1.165) is 71.7 Å². The standard InChI is InChI=1S/C28H30N4OS2/c1-3-17-34-24-11-9-21(10-12-24)26-22(19-32(30-26)23-7-5-4-6-8-23)18-25-27(33)29-28(35-25)31-15-13-20(2)14-16-31/h4-12,18-20H,3,13-17H2,1-2H3. The molecule has 0 N–H and O–H groups in total. The van der Waals surface area contributed by atoms with E-state index in [2.05, 4.69) is 48.0 Å². The topological polar surface area (TPSA) is 50.5 Å². The maximum atomic E-state index is 12.8. The molecular weight excluding hydrogens is 472 g/mol. The first kappa shape index (κ1) is 23.9. The van der Waals surface area contributed by atoms with Crippen molar-refractivity contribution in [3.05, 3.63) is 71.3 Å². The normalized spacial score (nSPS) is 17.9. The van der Waals surface area contributed by atoms with Crippen LogP contribution in [0.4, 0.5) is 0 Å². The minimum atomic E-state index is -0.159. The summed E-state index contributed by atoms with van der Waals surface area (Å²) in [5.74, 6) is 1.69. The molecule has 0 spiro atoms. The number of likely N-dealkylation sites (tertiary alicyclic amines) is 1. The first-order valence-electron chi connectivity index (χ1n) is 12.3. The third-order valence-corrected chi connectivity index (χ3v) is 8.58. The molecule has 7 heteroatoms. The third kappa shape index (κ3) is 5.57. The molecule has 2 aliphatic rings. The molecule has 5 nitrogen and oxygen atoms in total. The molecule has 0 radical (unpaired) electrons. The Morgan fingerprint density at radius 2 is 1.83 bits per heavy atom. The first-order valence-corrected chi connectivity index (χ1v) is 14.1. The van der Waals surface area contributed by atoms with Gasteiger partial charge in [-0.3, -0.25) is 4.79 Å². The van der Waals surface area contributed by atoms with Gasteiger partial charge in [-0.25, -0.2) is 4.68 Å². The highest BCUT2D eigenvalue weighted by Gasteiger charge is 2.28. The summed E-state index contributed by atoms with van der Waals surface area (Å²) in [4.78, 5) is 21.4. The van der Waals surface area contributed by atoms with Crippen LogP contribution >= 0.6 is 23.5 Å². The van der Waals surface area contributed by atoms with E-state index < -0.39 is 0 Å². The van der Waals surface area contributed by atoms with Gasteiger partial charge in [0.25, 0.3) is 5.91 Å². The number of nitrogens with zero attached hydrogens (tertiary/aromatic N) is 4. The van der Waals surface area contributed by atoms with Crippen LogP contribution in [0.5, 0.6) is 0 Å². The van der Waals surface area contributed by atoms with Crippen LogP contribution in [0.2, 0.25) is 0 Å². The van der Waals surface area contributed by atoms with E-state index in [-0.39, 0.29) is 5.91 Å². The van der Waals surface area contributed by atoms with E-state index in [0.29, 0.717) is 4.91 Å². The van der Waals surface area contributed by atoms with Crippen LogP contribution in [0, 0.1) is 5.92 Å². The molecule has 1 amide bonds. The zero-order valence-corrected chi connectivity index (χ0v) is 21.8. The van der Waals surface area contributed by atoms with Crippen molar-refractivity contribution in [2.24, 2.45) is 10.9 Å². The molecule has 0 atom stereocenters. The van der Waals surface area contributed by atoms with Crippen LogP contribution in [0.25, 0.3) is 23.0 Å². The highest BCUT2D eigenvalue weighted by atomic mass is 32.2. The number of thioether (sulfide) groups is 2. The Bertz CT molecular complexity index is 1240. The van der Waals surface area contributed by atoms with Gasteiger partial charge in [0.05, 0.1) is 16.3 Å². The van der Waals surface area contributed by atoms with Gasteiger partial charge in [0.2, 0.25) is 0 Å². The summed E-state index contributed by atoms with van der Waals surface area (Å²) in [6, 6.07) is 18.6. The zero-order chi connectivity index (χ0) is 24.2. The molecule has 0 unspecified atom stereocenters. The number of hydrogen-bond acceptors (Lipinski definition) is 5. The molecule has 0 saturated carbocycles. The van der Waals surface area contributed by atoms with E-state index in [1.807, 2.05) is 59.0 Å². The minimum absolute atomic E-state index is 0.159. The van der Waals surface area contributed by atoms with Crippen molar-refractivity contribution in [1.82, 2.24) is 14.7 Å². The zero-order valence-electron chi connectivity index (χ0n) is 20.2. The molecule has 1 fully saturated rings. The summed E-state index contributed by atoms with van der Waals surface area (Å²) in [6.07, 6.45) is 7.40. The average molecular weight is 503 g/mol. The van der Waals surface area contributed by atoms with Gasteiger partial charge in [0.1, 0.15) is 0 Å². The van der Waals surface area contributed by atoms with E-state index >= 15 is 0 Å². The van der Waals surface area contributed by atoms with Crippen molar-refractivity contribution in [3.8, 4) is 16.9 Å². The fourth-order valence-electron chi connectivity index (χ4n) is 4.23. The number of para-hydroxylation sites is 1. The lowest BCUT2D eigenvalue weighted by Crippen LogP contribution is -2.35. The highest BCUT2D eigenvalue weighted by molar-refractivity contribution is 8.18. The largest absolute Gasteiger partial charge is 0.351 e. The fraction of sp³-hybridized carbons (Fsp3) is 0.321. The smallest absolute Gasteiger partial charge is 0.286 e. The van der Waals surface area contributed by atoms with Crippen LogP contribution in [0.15, 0.2) is 75.6 Å². The summed E-state index contributed by atoms with van der Waals surface area (Å²) in [7, 11) is 0. The summed E-state index contributed by atoms with van der Waals surface area (Å²) < 4.78 is 1.89. The monoisotopic (exact) mass is 502 g/mol. The molecule has 35 heavy (non-hydrogen) atoms. The molecule has 1 saturated heterocycles. The third-order valence-electron chi connectivity index (χ3n) is 6.31. The van der Waals surface area contributed by atoms with Crippen molar-refractivity contribution in [1.29, 1.82) is 0 Å². The quantitative estimate of drug-likeness (QED) is 0.276. The SMILES string of the molecule is CCCSc1ccc(-c2nn(-c3ccccc3)cc2C=C2SC(N3CCC(C)CC3)=NC2=O)cc1. The summed E-state index contributed by atoms with van der Waals surface area (Å²) in [5.41, 5.74) is 3.80. The predicted octanol–water partition coefficient (Wildman–Crippen LogP) is 6.74. The molecule has 0 bridgehead atoms. The number of amides is 1. The van der Waals surface area contributed by atoms with Crippen molar-refractivity contribution in [2.75, 3.05) is 18.8 Å². The second kappa shape index (κ2) is 10.9. The second-order valence-electron chi connectivity index (χ2n) is 9.07. The lowest BCUT2D eigenvalue weighted by molar-refractivity contribution is -0.113. The molecule has 2 aromatic carbocycles.